The van der Waals surface area contributed by atoms with E-state index in [1.807, 2.05) is 56.4 Å². The quantitative estimate of drug-likeness (QED) is 0.343. The number of aromatic nitrogens is 3. The van der Waals surface area contributed by atoms with Crippen LogP contribution in [0.4, 0.5) is 16.2 Å². The lowest BCUT2D eigenvalue weighted by Crippen LogP contribution is -2.46. The van der Waals surface area contributed by atoms with Gasteiger partial charge >= 0.3 is 6.09 Å². The summed E-state index contributed by atoms with van der Waals surface area (Å²) in [6.45, 7) is 7.34. The second-order valence-electron chi connectivity index (χ2n) is 12.1. The molecule has 228 valence electrons. The molecule has 3 aromatic rings. The number of benzene rings is 2. The summed E-state index contributed by atoms with van der Waals surface area (Å²) in [5.41, 5.74) is 2.12. The first-order chi connectivity index (χ1) is 20.5. The highest BCUT2D eigenvalue weighted by Crippen LogP contribution is 2.60. The van der Waals surface area contributed by atoms with Gasteiger partial charge in [-0.15, -0.1) is 5.10 Å². The normalized spacial score (nSPS) is 25.2. The molecule has 43 heavy (non-hydrogen) atoms. The SMILES string of the molecule is C[C@H]1[C@H]([Si](C)(C)O)[C@@H](CCn2cc(CCO)nn2)O[C@]12C(=O)N(Cc1cccc(N3CCOC3=O)c1)c1ccc(Cl)cc12. The maximum Gasteiger partial charge on any atom is 0.414 e. The van der Waals surface area contributed by atoms with Crippen molar-refractivity contribution in [2.75, 3.05) is 29.6 Å². The minimum absolute atomic E-state index is 0.00743. The summed E-state index contributed by atoms with van der Waals surface area (Å²) in [5, 5.41) is 18.0. The van der Waals surface area contributed by atoms with Crippen LogP contribution in [0.25, 0.3) is 0 Å². The predicted molar refractivity (Wildman–Crippen MR) is 162 cm³/mol. The van der Waals surface area contributed by atoms with Crippen molar-refractivity contribution in [2.45, 2.75) is 63.2 Å². The number of fused-ring (bicyclic) bond motifs is 2. The Kier molecular flexibility index (Phi) is 7.84. The van der Waals surface area contributed by atoms with Crippen LogP contribution in [0.5, 0.6) is 0 Å². The topological polar surface area (TPSA) is 130 Å². The molecular weight excluding hydrogens is 590 g/mol. The van der Waals surface area contributed by atoms with Crippen LogP contribution in [-0.2, 0) is 39.4 Å². The largest absolute Gasteiger partial charge is 0.447 e. The number of carbonyl (C=O) groups is 2. The second kappa shape index (κ2) is 11.3. The van der Waals surface area contributed by atoms with Gasteiger partial charge in [-0.3, -0.25) is 14.4 Å². The second-order valence-corrected chi connectivity index (χ2v) is 16.5. The highest BCUT2D eigenvalue weighted by Gasteiger charge is 2.66. The van der Waals surface area contributed by atoms with E-state index in [9.17, 15) is 19.5 Å². The molecule has 1 aromatic heterocycles. The molecule has 2 aromatic carbocycles. The predicted octanol–water partition coefficient (Wildman–Crippen LogP) is 3.86. The molecule has 0 saturated carbocycles. The molecule has 0 unspecified atom stereocenters. The third-order valence-electron chi connectivity index (χ3n) is 8.87. The standard InChI is InChI=1S/C30H36ClN5O6Si/c1-19-27(43(2,3)40)26(9-11-34-18-22(10-13-37)32-33-34)42-30(19)24-16-21(31)7-8-25(24)36(28(30)38)17-20-5-4-6-23(15-20)35-12-14-41-29(35)39/h4-8,15-16,18-19,26-27,37,40H,9-14,17H2,1-3H3/t19-,26+,27-,30+/m0/s1. The molecule has 3 aliphatic rings. The number of aryl methyl sites for hydroxylation is 1. The highest BCUT2D eigenvalue weighted by molar-refractivity contribution is 6.71. The lowest BCUT2D eigenvalue weighted by molar-refractivity contribution is -0.146. The summed E-state index contributed by atoms with van der Waals surface area (Å²) in [7, 11) is -2.84. The Hall–Kier alpha value is -3.29. The summed E-state index contributed by atoms with van der Waals surface area (Å²) in [6.07, 6.45) is 1.95. The smallest absolute Gasteiger partial charge is 0.414 e. The summed E-state index contributed by atoms with van der Waals surface area (Å²) >= 11 is 6.52. The summed E-state index contributed by atoms with van der Waals surface area (Å²) in [6, 6.07) is 13.0. The number of cyclic esters (lactones) is 1. The number of aliphatic hydroxyl groups is 1. The van der Waals surface area contributed by atoms with Crippen LogP contribution in [-0.4, -0.2) is 71.1 Å². The number of hydrogen-bond donors (Lipinski definition) is 2. The molecule has 0 radical (unpaired) electrons. The van der Waals surface area contributed by atoms with E-state index >= 15 is 0 Å². The number of ether oxygens (including phenoxy) is 2. The fourth-order valence-corrected chi connectivity index (χ4v) is 9.82. The van der Waals surface area contributed by atoms with Crippen molar-refractivity contribution in [3.05, 3.63) is 70.5 Å². The van der Waals surface area contributed by atoms with Crippen molar-refractivity contribution in [3.63, 3.8) is 0 Å². The van der Waals surface area contributed by atoms with Crippen molar-refractivity contribution in [1.82, 2.24) is 15.0 Å². The molecule has 4 heterocycles. The van der Waals surface area contributed by atoms with E-state index in [1.54, 1.807) is 26.7 Å². The Bertz CT molecular complexity index is 1550. The number of halogens is 1. The Labute approximate surface area is 256 Å². The molecule has 2 saturated heterocycles. The lowest BCUT2D eigenvalue weighted by atomic mass is 9.82. The zero-order valence-electron chi connectivity index (χ0n) is 24.4. The Morgan fingerprint density at radius 1 is 1.19 bits per heavy atom. The first kappa shape index (κ1) is 29.8. The van der Waals surface area contributed by atoms with Crippen molar-refractivity contribution < 1.29 is 29.0 Å². The maximum absolute atomic E-state index is 14.6. The number of anilines is 2. The first-order valence-corrected chi connectivity index (χ1v) is 18.0. The third-order valence-corrected chi connectivity index (χ3v) is 11.6. The van der Waals surface area contributed by atoms with Gasteiger partial charge in [0.1, 0.15) is 6.61 Å². The van der Waals surface area contributed by atoms with Gasteiger partial charge in [0.15, 0.2) is 13.9 Å². The minimum Gasteiger partial charge on any atom is -0.447 e. The van der Waals surface area contributed by atoms with Crippen molar-refractivity contribution in [1.29, 1.82) is 0 Å². The molecule has 2 amide bonds. The fourth-order valence-electron chi connectivity index (χ4n) is 7.05. The van der Waals surface area contributed by atoms with E-state index < -0.39 is 20.0 Å². The molecule has 2 N–H and O–H groups in total. The maximum atomic E-state index is 14.6. The van der Waals surface area contributed by atoms with Crippen molar-refractivity contribution in [2.24, 2.45) is 5.92 Å². The molecule has 11 nitrogen and oxygen atoms in total. The van der Waals surface area contributed by atoms with E-state index in [1.165, 1.54) is 0 Å². The summed E-state index contributed by atoms with van der Waals surface area (Å²) < 4.78 is 13.7. The van der Waals surface area contributed by atoms with E-state index in [2.05, 4.69) is 10.3 Å². The summed E-state index contributed by atoms with van der Waals surface area (Å²) in [5.74, 6) is -0.523. The first-order valence-electron chi connectivity index (χ1n) is 14.6. The van der Waals surface area contributed by atoms with Gasteiger partial charge in [0.05, 0.1) is 30.6 Å². The Balaban J connectivity index is 1.33. The number of rotatable bonds is 9. The minimum atomic E-state index is -2.84. The van der Waals surface area contributed by atoms with Gasteiger partial charge in [0.2, 0.25) is 0 Å². The molecule has 13 heteroatoms. The van der Waals surface area contributed by atoms with Crippen LogP contribution in [0, 0.1) is 5.92 Å². The zero-order valence-corrected chi connectivity index (χ0v) is 26.2. The molecule has 2 fully saturated rings. The highest BCUT2D eigenvalue weighted by atomic mass is 35.5. The van der Waals surface area contributed by atoms with E-state index in [4.69, 9.17) is 21.1 Å². The van der Waals surface area contributed by atoms with E-state index in [0.717, 1.165) is 5.56 Å². The van der Waals surface area contributed by atoms with Crippen LogP contribution < -0.4 is 9.80 Å². The van der Waals surface area contributed by atoms with E-state index in [-0.39, 0.29) is 36.6 Å². The van der Waals surface area contributed by atoms with Gasteiger partial charge in [-0.1, -0.05) is 35.9 Å². The fraction of sp³-hybridized carbons (Fsp3) is 0.467. The van der Waals surface area contributed by atoms with Crippen molar-refractivity contribution in [3.8, 4) is 0 Å². The van der Waals surface area contributed by atoms with Gasteiger partial charge < -0.3 is 24.3 Å². The number of nitrogens with zero attached hydrogens (tertiary/aromatic N) is 5. The molecule has 1 spiro atoms. The lowest BCUT2D eigenvalue weighted by Gasteiger charge is -2.32. The van der Waals surface area contributed by atoms with Crippen LogP contribution in [0.15, 0.2) is 48.7 Å². The Morgan fingerprint density at radius 3 is 2.72 bits per heavy atom. The van der Waals surface area contributed by atoms with Gasteiger partial charge in [0.25, 0.3) is 5.91 Å². The number of carbonyl (C=O) groups excluding carboxylic acids is 2. The molecule has 6 rings (SSSR count). The van der Waals surface area contributed by atoms with Gasteiger partial charge in [0, 0.05) is 53.5 Å². The number of aliphatic hydroxyl groups excluding tert-OH is 1. The van der Waals surface area contributed by atoms with Gasteiger partial charge in [-0.25, -0.2) is 4.79 Å². The van der Waals surface area contributed by atoms with Gasteiger partial charge in [-0.05, 0) is 55.4 Å². The zero-order chi connectivity index (χ0) is 30.5. The Morgan fingerprint density at radius 2 is 2.00 bits per heavy atom. The van der Waals surface area contributed by atoms with E-state index in [0.29, 0.717) is 60.2 Å². The molecular formula is C30H36ClN5O6Si. The van der Waals surface area contributed by atoms with Crippen molar-refractivity contribution >= 4 is 43.3 Å². The summed E-state index contributed by atoms with van der Waals surface area (Å²) in [4.78, 5) is 41.6. The average Bonchev–Trinajstić information content (AvgIpc) is 3.71. The number of hydrogen-bond acceptors (Lipinski definition) is 8. The average molecular weight is 626 g/mol. The van der Waals surface area contributed by atoms with Gasteiger partial charge in [-0.2, -0.15) is 0 Å². The monoisotopic (exact) mass is 625 g/mol. The van der Waals surface area contributed by atoms with Crippen LogP contribution >= 0.6 is 11.6 Å². The molecule has 3 aliphatic heterocycles. The van der Waals surface area contributed by atoms with Crippen LogP contribution in [0.1, 0.15) is 30.2 Å². The molecule has 0 bridgehead atoms. The van der Waals surface area contributed by atoms with Crippen LogP contribution in [0.2, 0.25) is 23.7 Å². The molecule has 4 atom stereocenters. The van der Waals surface area contributed by atoms with Crippen LogP contribution in [0.3, 0.4) is 0 Å². The molecule has 0 aliphatic carbocycles. The number of amides is 2. The third kappa shape index (κ3) is 5.25.